The van der Waals surface area contributed by atoms with Gasteiger partial charge in [0.05, 0.1) is 0 Å². The van der Waals surface area contributed by atoms with Crippen molar-refractivity contribution in [2.24, 2.45) is 17.8 Å². The van der Waals surface area contributed by atoms with E-state index in [1.807, 2.05) is 0 Å². The smallest absolute Gasteiger partial charge is 0.0350 e. The third-order valence-corrected chi connectivity index (χ3v) is 9.77. The highest BCUT2D eigenvalue weighted by Gasteiger charge is 2.47. The highest BCUT2D eigenvalue weighted by molar-refractivity contribution is 6.02. The molecule has 0 aliphatic heterocycles. The molecule has 0 bridgehead atoms. The van der Waals surface area contributed by atoms with E-state index in [0.717, 1.165) is 0 Å². The first kappa shape index (κ1) is 24.9. The van der Waals surface area contributed by atoms with Crippen molar-refractivity contribution in [1.29, 1.82) is 0 Å². The van der Waals surface area contributed by atoms with Crippen molar-refractivity contribution >= 4 is 21.5 Å². The minimum absolute atomic E-state index is 0.152. The molecule has 0 aromatic heterocycles. The molecule has 3 aliphatic rings. The van der Waals surface area contributed by atoms with Crippen LogP contribution in [0.25, 0.3) is 21.5 Å². The molecular formula is C38H40. The predicted molar refractivity (Wildman–Crippen MR) is 166 cm³/mol. The average molecular weight is 497 g/mol. The van der Waals surface area contributed by atoms with Crippen molar-refractivity contribution < 1.29 is 0 Å². The van der Waals surface area contributed by atoms with Crippen LogP contribution in [0.2, 0.25) is 0 Å². The van der Waals surface area contributed by atoms with E-state index in [2.05, 4.69) is 157 Å². The Morgan fingerprint density at radius 2 is 0.868 bits per heavy atom. The van der Waals surface area contributed by atoms with Gasteiger partial charge in [0.15, 0.2) is 0 Å². The Morgan fingerprint density at radius 1 is 0.447 bits per heavy atom. The van der Waals surface area contributed by atoms with E-state index < -0.39 is 0 Å². The highest BCUT2D eigenvalue weighted by Crippen LogP contribution is 2.55. The molecule has 3 aromatic rings. The van der Waals surface area contributed by atoms with Gasteiger partial charge in [-0.3, -0.25) is 0 Å². The summed E-state index contributed by atoms with van der Waals surface area (Å²) in [6.45, 7) is 14.3. The van der Waals surface area contributed by atoms with Gasteiger partial charge in [0.25, 0.3) is 0 Å². The van der Waals surface area contributed by atoms with Crippen LogP contribution in [0.4, 0.5) is 0 Å². The number of allylic oxidation sites excluding steroid dienone is 12. The molecule has 0 amide bonds. The van der Waals surface area contributed by atoms with Crippen LogP contribution >= 0.6 is 0 Å². The molecule has 3 aromatic carbocycles. The van der Waals surface area contributed by atoms with E-state index in [4.69, 9.17) is 0 Å². The molecule has 0 saturated carbocycles. The normalized spacial score (nSPS) is 20.0. The SMILES string of the molecule is CC(C)C1(c2cc3cc4ccccc4cc3c(C3(C(C)C)C=CC=C3)c2C2(C(C)C)C=CC=C2)C=CC=C1. The van der Waals surface area contributed by atoms with E-state index in [0.29, 0.717) is 17.8 Å². The molecule has 0 heterocycles. The monoisotopic (exact) mass is 496 g/mol. The van der Waals surface area contributed by atoms with Crippen LogP contribution < -0.4 is 0 Å². The molecule has 0 nitrogen and oxygen atoms in total. The van der Waals surface area contributed by atoms with Crippen LogP contribution in [-0.4, -0.2) is 0 Å². The third kappa shape index (κ3) is 3.35. The van der Waals surface area contributed by atoms with Crippen molar-refractivity contribution in [3.8, 4) is 0 Å². The summed E-state index contributed by atoms with van der Waals surface area (Å²) in [6, 6.07) is 16.3. The lowest BCUT2D eigenvalue weighted by molar-refractivity contribution is 0.415. The second-order valence-corrected chi connectivity index (χ2v) is 12.5. The fraction of sp³-hybridized carbons (Fsp3) is 0.316. The minimum atomic E-state index is -0.178. The first-order valence-corrected chi connectivity index (χ1v) is 14.4. The fourth-order valence-corrected chi connectivity index (χ4v) is 7.34. The lowest BCUT2D eigenvalue weighted by Gasteiger charge is -2.45. The Morgan fingerprint density at radius 3 is 1.34 bits per heavy atom. The summed E-state index contributed by atoms with van der Waals surface area (Å²) in [5.74, 6) is 1.24. The zero-order chi connectivity index (χ0) is 26.7. The molecule has 3 aliphatic carbocycles. The van der Waals surface area contributed by atoms with Gasteiger partial charge in [-0.25, -0.2) is 0 Å². The maximum absolute atomic E-state index is 2.54. The zero-order valence-corrected chi connectivity index (χ0v) is 23.7. The van der Waals surface area contributed by atoms with Crippen LogP contribution in [-0.2, 0) is 16.2 Å². The van der Waals surface area contributed by atoms with Gasteiger partial charge in [-0.1, -0.05) is 139 Å². The van der Waals surface area contributed by atoms with Gasteiger partial charge in [-0.15, -0.1) is 0 Å². The summed E-state index contributed by atoms with van der Waals surface area (Å²) in [4.78, 5) is 0. The predicted octanol–water partition coefficient (Wildman–Crippen LogP) is 10.1. The lowest BCUT2D eigenvalue weighted by Crippen LogP contribution is -2.39. The van der Waals surface area contributed by atoms with Crippen LogP contribution in [0, 0.1) is 17.8 Å². The molecule has 0 saturated heterocycles. The third-order valence-electron chi connectivity index (χ3n) is 9.77. The maximum atomic E-state index is 2.54. The molecule has 0 unspecified atom stereocenters. The first-order chi connectivity index (χ1) is 18.3. The van der Waals surface area contributed by atoms with Crippen LogP contribution in [0.15, 0.2) is 115 Å². The van der Waals surface area contributed by atoms with Gasteiger partial charge in [0.2, 0.25) is 0 Å². The van der Waals surface area contributed by atoms with Crippen molar-refractivity contribution in [2.45, 2.75) is 57.8 Å². The summed E-state index contributed by atoms with van der Waals surface area (Å²) in [6.07, 6.45) is 28.3. The lowest BCUT2D eigenvalue weighted by atomic mass is 9.58. The highest BCUT2D eigenvalue weighted by atomic mass is 14.5. The van der Waals surface area contributed by atoms with Crippen molar-refractivity contribution in [2.75, 3.05) is 0 Å². The van der Waals surface area contributed by atoms with Crippen LogP contribution in [0.1, 0.15) is 58.2 Å². The molecule has 6 rings (SSSR count). The van der Waals surface area contributed by atoms with Gasteiger partial charge in [0, 0.05) is 16.2 Å². The molecule has 192 valence electrons. The Labute approximate surface area is 228 Å². The van der Waals surface area contributed by atoms with Gasteiger partial charge in [0.1, 0.15) is 0 Å². The Kier molecular flexibility index (Phi) is 5.80. The standard InChI is InChI=1S/C38H40/c1-26(2)36(17-9-10-18-36)33-25-31-23-29-15-7-8-16-30(29)24-32(31)34(37(27(3)4)19-11-12-20-37)35(33)38(28(5)6)21-13-14-22-38/h7-28H,1-6H3. The number of hydrogen-bond donors (Lipinski definition) is 0. The largest absolute Gasteiger partial charge is 0.0699 e. The second kappa shape index (κ2) is 8.84. The average Bonchev–Trinajstić information content (AvgIpc) is 3.68. The van der Waals surface area contributed by atoms with Gasteiger partial charge in [-0.05, 0) is 74.2 Å². The van der Waals surface area contributed by atoms with Crippen molar-refractivity contribution in [3.05, 3.63) is 132 Å². The summed E-state index contributed by atoms with van der Waals surface area (Å²) >= 11 is 0. The Hall–Kier alpha value is -3.38. The van der Waals surface area contributed by atoms with Crippen molar-refractivity contribution in [1.82, 2.24) is 0 Å². The van der Waals surface area contributed by atoms with Crippen LogP contribution in [0.3, 0.4) is 0 Å². The number of hydrogen-bond acceptors (Lipinski definition) is 0. The minimum Gasteiger partial charge on any atom is -0.0699 e. The molecule has 0 heteroatoms. The summed E-state index contributed by atoms with van der Waals surface area (Å²) in [7, 11) is 0. The Bertz CT molecular complexity index is 1560. The molecule has 0 fully saturated rings. The summed E-state index contributed by atoms with van der Waals surface area (Å²) in [5, 5.41) is 5.33. The molecule has 38 heavy (non-hydrogen) atoms. The van der Waals surface area contributed by atoms with Crippen molar-refractivity contribution in [3.63, 3.8) is 0 Å². The van der Waals surface area contributed by atoms with E-state index in [1.54, 1.807) is 0 Å². The molecule has 0 spiro atoms. The fourth-order valence-electron chi connectivity index (χ4n) is 7.34. The molecule has 0 radical (unpaired) electrons. The van der Waals surface area contributed by atoms with Gasteiger partial charge in [-0.2, -0.15) is 0 Å². The quantitative estimate of drug-likeness (QED) is 0.298. The molecule has 0 atom stereocenters. The van der Waals surface area contributed by atoms with Crippen LogP contribution in [0.5, 0.6) is 0 Å². The topological polar surface area (TPSA) is 0 Å². The first-order valence-electron chi connectivity index (χ1n) is 14.4. The summed E-state index contributed by atoms with van der Waals surface area (Å²) in [5.41, 5.74) is 3.92. The van der Waals surface area contributed by atoms with E-state index >= 15 is 0 Å². The molecular weight excluding hydrogens is 456 g/mol. The summed E-state index contributed by atoms with van der Waals surface area (Å²) < 4.78 is 0. The number of benzene rings is 3. The zero-order valence-electron chi connectivity index (χ0n) is 23.7. The van der Waals surface area contributed by atoms with Gasteiger partial charge >= 0.3 is 0 Å². The van der Waals surface area contributed by atoms with E-state index in [1.165, 1.54) is 38.2 Å². The number of rotatable bonds is 6. The second-order valence-electron chi connectivity index (χ2n) is 12.5. The maximum Gasteiger partial charge on any atom is 0.0350 e. The van der Waals surface area contributed by atoms with Gasteiger partial charge < -0.3 is 0 Å². The van der Waals surface area contributed by atoms with E-state index in [9.17, 15) is 0 Å². The Balaban J connectivity index is 1.90. The molecule has 0 N–H and O–H groups in total. The number of fused-ring (bicyclic) bond motifs is 2. The van der Waals surface area contributed by atoms with E-state index in [-0.39, 0.29) is 16.2 Å².